The quantitative estimate of drug-likeness (QED) is 0.210. The van der Waals surface area contributed by atoms with E-state index >= 15 is 0 Å². The summed E-state index contributed by atoms with van der Waals surface area (Å²) in [4.78, 5) is 24.1. The highest BCUT2D eigenvalue weighted by Gasteiger charge is 2.28. The highest BCUT2D eigenvalue weighted by molar-refractivity contribution is 7.92. The van der Waals surface area contributed by atoms with Gasteiger partial charge in [-0.2, -0.15) is 5.10 Å². The number of esters is 1. The van der Waals surface area contributed by atoms with Gasteiger partial charge in [0.2, 0.25) is 0 Å². The van der Waals surface area contributed by atoms with Crippen LogP contribution in [0, 0.1) is 0 Å². The molecule has 11 nitrogen and oxygen atoms in total. The zero-order chi connectivity index (χ0) is 27.5. The van der Waals surface area contributed by atoms with E-state index in [0.717, 1.165) is 4.31 Å². The third kappa shape index (κ3) is 7.23. The molecule has 0 heterocycles. The highest BCUT2D eigenvalue weighted by atomic mass is 32.2. The molecule has 0 atom stereocenters. The summed E-state index contributed by atoms with van der Waals surface area (Å²) in [6, 6.07) is 18.9. The molecule has 38 heavy (non-hydrogen) atoms. The fraction of sp³-hybridized carbons (Fsp3) is 0.192. The number of hydrogen-bond donors (Lipinski definition) is 1. The molecule has 0 spiro atoms. The number of hydrazone groups is 1. The second-order valence-electron chi connectivity index (χ2n) is 7.59. The first-order valence-electron chi connectivity index (χ1n) is 11.2. The maximum Gasteiger partial charge on any atom is 0.343 e. The summed E-state index contributed by atoms with van der Waals surface area (Å²) in [7, 11) is 0.0224. The normalized spacial score (nSPS) is 11.0. The maximum absolute atomic E-state index is 13.5. The fourth-order valence-electron chi connectivity index (χ4n) is 3.25. The van der Waals surface area contributed by atoms with Gasteiger partial charge >= 0.3 is 5.97 Å². The Hall–Kier alpha value is -4.58. The van der Waals surface area contributed by atoms with E-state index in [-0.39, 0.29) is 17.2 Å². The van der Waals surface area contributed by atoms with Gasteiger partial charge in [-0.1, -0.05) is 30.3 Å². The molecule has 12 heteroatoms. The van der Waals surface area contributed by atoms with Crippen molar-refractivity contribution in [3.05, 3.63) is 78.4 Å². The zero-order valence-corrected chi connectivity index (χ0v) is 21.8. The van der Waals surface area contributed by atoms with E-state index in [2.05, 4.69) is 15.3 Å². The third-order valence-electron chi connectivity index (χ3n) is 5.12. The second-order valence-corrected chi connectivity index (χ2v) is 9.46. The van der Waals surface area contributed by atoms with Crippen molar-refractivity contribution in [2.24, 2.45) is 5.10 Å². The molecular formula is C26H27N3O8S. The first-order chi connectivity index (χ1) is 18.3. The molecule has 0 fully saturated rings. The van der Waals surface area contributed by atoms with Crippen LogP contribution in [-0.2, 0) is 24.3 Å². The van der Waals surface area contributed by atoms with Crippen molar-refractivity contribution in [2.75, 3.05) is 38.8 Å². The lowest BCUT2D eigenvalue weighted by Gasteiger charge is -2.24. The number of hydrogen-bond acceptors (Lipinski definition) is 9. The molecule has 1 N–H and O–H groups in total. The van der Waals surface area contributed by atoms with Crippen LogP contribution < -0.4 is 23.9 Å². The van der Waals surface area contributed by atoms with E-state index in [4.69, 9.17) is 14.2 Å². The summed E-state index contributed by atoms with van der Waals surface area (Å²) in [6.45, 7) is -0.817. The van der Waals surface area contributed by atoms with Crippen molar-refractivity contribution in [1.29, 1.82) is 0 Å². The van der Waals surface area contributed by atoms with Crippen LogP contribution in [-0.4, -0.2) is 61.0 Å². The molecule has 0 saturated carbocycles. The number of benzene rings is 3. The Morgan fingerprint density at radius 1 is 0.921 bits per heavy atom. The van der Waals surface area contributed by atoms with E-state index < -0.39 is 28.4 Å². The van der Waals surface area contributed by atoms with Gasteiger partial charge in [0.05, 0.1) is 38.1 Å². The standard InChI is InChI=1S/C26H27N3O8S/c1-34-23-13-12-20(15-24(23)35-2)29(38(32,33)22-10-5-4-6-11-22)17-25(30)28-27-16-19-8-7-9-21(14-19)37-18-26(31)36-3/h4-16H,17-18H2,1-3H3,(H,28,30)/b27-16-. The Morgan fingerprint density at radius 3 is 2.34 bits per heavy atom. The summed E-state index contributed by atoms with van der Waals surface area (Å²) in [5.74, 6) is -0.111. The molecule has 3 rings (SSSR count). The molecule has 0 bridgehead atoms. The van der Waals surface area contributed by atoms with E-state index in [1.165, 1.54) is 51.8 Å². The molecule has 0 radical (unpaired) electrons. The number of methoxy groups -OCH3 is 3. The van der Waals surface area contributed by atoms with Gasteiger partial charge in [0, 0.05) is 6.07 Å². The number of amides is 1. The van der Waals surface area contributed by atoms with Crippen LogP contribution in [0.2, 0.25) is 0 Å². The van der Waals surface area contributed by atoms with Gasteiger partial charge in [0.1, 0.15) is 12.3 Å². The highest BCUT2D eigenvalue weighted by Crippen LogP contribution is 2.33. The molecule has 200 valence electrons. The lowest BCUT2D eigenvalue weighted by atomic mass is 10.2. The van der Waals surface area contributed by atoms with Crippen LogP contribution in [0.25, 0.3) is 0 Å². The van der Waals surface area contributed by atoms with Crippen LogP contribution in [0.4, 0.5) is 5.69 Å². The van der Waals surface area contributed by atoms with Crippen LogP contribution in [0.1, 0.15) is 5.56 Å². The summed E-state index contributed by atoms with van der Waals surface area (Å²) in [6.07, 6.45) is 1.36. The average molecular weight is 542 g/mol. The summed E-state index contributed by atoms with van der Waals surface area (Å²) >= 11 is 0. The third-order valence-corrected chi connectivity index (χ3v) is 6.91. The summed E-state index contributed by atoms with van der Waals surface area (Å²) in [5, 5.41) is 3.92. The van der Waals surface area contributed by atoms with E-state index in [1.54, 1.807) is 48.5 Å². The van der Waals surface area contributed by atoms with E-state index in [9.17, 15) is 18.0 Å². The van der Waals surface area contributed by atoms with Crippen molar-refractivity contribution in [3.63, 3.8) is 0 Å². The van der Waals surface area contributed by atoms with Crippen LogP contribution in [0.3, 0.4) is 0 Å². The SMILES string of the molecule is COC(=O)COc1cccc(/C=N\NC(=O)CN(c2ccc(OC)c(OC)c2)S(=O)(=O)c2ccccc2)c1. The molecule has 0 aliphatic heterocycles. The van der Waals surface area contributed by atoms with Crippen molar-refractivity contribution in [3.8, 4) is 17.2 Å². The van der Waals surface area contributed by atoms with E-state index in [1.807, 2.05) is 0 Å². The van der Waals surface area contributed by atoms with Gasteiger partial charge in [0.15, 0.2) is 18.1 Å². The molecule has 0 aromatic heterocycles. The Labute approximate surface area is 220 Å². The zero-order valence-electron chi connectivity index (χ0n) is 21.0. The van der Waals surface area contributed by atoms with Crippen molar-refractivity contribution in [1.82, 2.24) is 5.43 Å². The van der Waals surface area contributed by atoms with E-state index in [0.29, 0.717) is 22.8 Å². The van der Waals surface area contributed by atoms with Crippen molar-refractivity contribution < 1.29 is 37.0 Å². The predicted molar refractivity (Wildman–Crippen MR) is 140 cm³/mol. The lowest BCUT2D eigenvalue weighted by Crippen LogP contribution is -2.39. The summed E-state index contributed by atoms with van der Waals surface area (Å²) < 4.78 is 48.3. The van der Waals surface area contributed by atoms with Crippen LogP contribution >= 0.6 is 0 Å². The lowest BCUT2D eigenvalue weighted by molar-refractivity contribution is -0.142. The number of nitrogens with zero attached hydrogens (tertiary/aromatic N) is 2. The number of carbonyl (C=O) groups excluding carboxylic acids is 2. The molecule has 1 amide bonds. The Bertz CT molecular complexity index is 1390. The van der Waals surface area contributed by atoms with Gasteiger partial charge < -0.3 is 18.9 Å². The van der Waals surface area contributed by atoms with Gasteiger partial charge in [-0.05, 0) is 42.0 Å². The predicted octanol–water partition coefficient (Wildman–Crippen LogP) is 2.60. The van der Waals surface area contributed by atoms with Gasteiger partial charge in [-0.3, -0.25) is 9.10 Å². The number of carbonyl (C=O) groups is 2. The number of sulfonamides is 1. The molecule has 0 aliphatic carbocycles. The molecular weight excluding hydrogens is 514 g/mol. The molecule has 3 aromatic rings. The maximum atomic E-state index is 13.5. The Morgan fingerprint density at radius 2 is 1.66 bits per heavy atom. The summed E-state index contributed by atoms with van der Waals surface area (Å²) in [5.41, 5.74) is 3.10. The number of ether oxygens (including phenoxy) is 4. The van der Waals surface area contributed by atoms with Gasteiger partial charge in [-0.15, -0.1) is 0 Å². The first-order valence-corrected chi connectivity index (χ1v) is 12.6. The minimum Gasteiger partial charge on any atom is -0.493 e. The molecule has 0 aliphatic rings. The monoisotopic (exact) mass is 541 g/mol. The second kappa shape index (κ2) is 13.1. The number of anilines is 1. The topological polar surface area (TPSA) is 133 Å². The van der Waals surface area contributed by atoms with Crippen LogP contribution in [0.15, 0.2) is 82.8 Å². The molecule has 0 saturated heterocycles. The number of rotatable bonds is 12. The minimum absolute atomic E-state index is 0.00913. The average Bonchev–Trinajstić information content (AvgIpc) is 2.94. The minimum atomic E-state index is -4.12. The molecule has 0 unspecified atom stereocenters. The fourth-order valence-corrected chi connectivity index (χ4v) is 4.68. The first kappa shape index (κ1) is 28.0. The Balaban J connectivity index is 1.80. The van der Waals surface area contributed by atoms with Crippen molar-refractivity contribution in [2.45, 2.75) is 4.90 Å². The number of nitrogens with one attached hydrogen (secondary N) is 1. The van der Waals surface area contributed by atoms with Gasteiger partial charge in [0.25, 0.3) is 15.9 Å². The van der Waals surface area contributed by atoms with Crippen LogP contribution in [0.5, 0.6) is 17.2 Å². The largest absolute Gasteiger partial charge is 0.493 e. The van der Waals surface area contributed by atoms with Gasteiger partial charge in [-0.25, -0.2) is 18.6 Å². The Kier molecular flexibility index (Phi) is 9.66. The molecule has 3 aromatic carbocycles. The smallest absolute Gasteiger partial charge is 0.343 e. The van der Waals surface area contributed by atoms with Crippen molar-refractivity contribution >= 4 is 33.8 Å².